The van der Waals surface area contributed by atoms with E-state index < -0.39 is 10.0 Å². The van der Waals surface area contributed by atoms with Crippen molar-refractivity contribution in [3.05, 3.63) is 30.5 Å². The molecule has 4 rings (SSSR count). The Morgan fingerprint density at radius 1 is 1.19 bits per heavy atom. The normalized spacial score (nSPS) is 21.4. The summed E-state index contributed by atoms with van der Waals surface area (Å²) in [5, 5.41) is 3.91. The molecule has 2 aliphatic heterocycles. The van der Waals surface area contributed by atoms with Gasteiger partial charge in [-0.15, -0.1) is 0 Å². The number of morpholine rings is 1. The number of piperidine rings is 1. The summed E-state index contributed by atoms with van der Waals surface area (Å²) in [6.45, 7) is 5.68. The van der Waals surface area contributed by atoms with Gasteiger partial charge in [-0.25, -0.2) is 8.42 Å². The van der Waals surface area contributed by atoms with E-state index in [1.165, 1.54) is 4.31 Å². The van der Waals surface area contributed by atoms with Gasteiger partial charge in [0.05, 0.1) is 24.0 Å². The number of hydrogen-bond donors (Lipinski definition) is 1. The van der Waals surface area contributed by atoms with Gasteiger partial charge in [-0.2, -0.15) is 4.31 Å². The van der Waals surface area contributed by atoms with Crippen molar-refractivity contribution in [2.75, 3.05) is 52.5 Å². The Hall–Kier alpha value is -1.94. The van der Waals surface area contributed by atoms with Crippen molar-refractivity contribution in [2.45, 2.75) is 24.2 Å². The van der Waals surface area contributed by atoms with E-state index in [0.717, 1.165) is 56.6 Å². The molecule has 1 aromatic heterocycles. The zero-order valence-corrected chi connectivity index (χ0v) is 18.9. The predicted octanol–water partition coefficient (Wildman–Crippen LogP) is 1.42. The number of fused-ring (bicyclic) bond motifs is 1. The van der Waals surface area contributed by atoms with E-state index in [2.05, 4.69) is 10.2 Å². The summed E-state index contributed by atoms with van der Waals surface area (Å²) >= 11 is 0. The van der Waals surface area contributed by atoms with Crippen molar-refractivity contribution in [1.29, 1.82) is 0 Å². The highest BCUT2D eigenvalue weighted by Gasteiger charge is 2.33. The number of nitrogens with one attached hydrogen (secondary N) is 1. The lowest BCUT2D eigenvalue weighted by atomic mass is 9.99. The first kappa shape index (κ1) is 22.3. The Balaban J connectivity index is 1.32. The minimum absolute atomic E-state index is 0.0413. The van der Waals surface area contributed by atoms with Gasteiger partial charge in [-0.3, -0.25) is 9.69 Å². The number of nitrogens with zero attached hydrogens (tertiary/aromatic N) is 3. The first-order valence-electron chi connectivity index (χ1n) is 11.1. The second-order valence-corrected chi connectivity index (χ2v) is 10.4. The Morgan fingerprint density at radius 3 is 2.81 bits per heavy atom. The summed E-state index contributed by atoms with van der Waals surface area (Å²) in [5.41, 5.74) is 0.993. The maximum Gasteiger partial charge on any atom is 0.243 e. The van der Waals surface area contributed by atoms with Gasteiger partial charge in [0.15, 0.2) is 0 Å². The highest BCUT2D eigenvalue weighted by Crippen LogP contribution is 2.26. The van der Waals surface area contributed by atoms with Crippen LogP contribution in [0.3, 0.4) is 0 Å². The predicted molar refractivity (Wildman–Crippen MR) is 119 cm³/mol. The number of aryl methyl sites for hydroxylation is 1. The van der Waals surface area contributed by atoms with E-state index >= 15 is 0 Å². The second kappa shape index (κ2) is 9.68. The average molecular weight is 449 g/mol. The molecule has 1 N–H and O–H groups in total. The smallest absolute Gasteiger partial charge is 0.243 e. The lowest BCUT2D eigenvalue weighted by Crippen LogP contribution is -2.45. The van der Waals surface area contributed by atoms with Crippen LogP contribution in [0.15, 0.2) is 35.4 Å². The molecule has 0 radical (unpaired) electrons. The van der Waals surface area contributed by atoms with Crippen LogP contribution in [0.5, 0.6) is 0 Å². The molecule has 3 heterocycles. The number of amides is 1. The van der Waals surface area contributed by atoms with E-state index in [1.54, 1.807) is 12.1 Å². The van der Waals surface area contributed by atoms with Crippen molar-refractivity contribution < 1.29 is 17.9 Å². The van der Waals surface area contributed by atoms with Crippen LogP contribution in [0.2, 0.25) is 0 Å². The Bertz CT molecular complexity index is 1010. The number of ether oxygens (including phenoxy) is 1. The first-order valence-corrected chi connectivity index (χ1v) is 12.5. The fourth-order valence-corrected chi connectivity index (χ4v) is 5.99. The van der Waals surface area contributed by atoms with Crippen LogP contribution in [0.1, 0.15) is 19.3 Å². The number of carbonyl (C=O) groups is 1. The van der Waals surface area contributed by atoms with E-state index in [9.17, 15) is 13.2 Å². The van der Waals surface area contributed by atoms with E-state index in [0.29, 0.717) is 19.5 Å². The number of aromatic nitrogens is 1. The van der Waals surface area contributed by atoms with Gasteiger partial charge in [0.2, 0.25) is 15.9 Å². The molecule has 0 bridgehead atoms. The topological polar surface area (TPSA) is 83.9 Å². The van der Waals surface area contributed by atoms with E-state index in [1.807, 2.05) is 29.9 Å². The van der Waals surface area contributed by atoms with Crippen molar-refractivity contribution in [3.63, 3.8) is 0 Å². The molecule has 9 heteroatoms. The first-order chi connectivity index (χ1) is 14.9. The van der Waals surface area contributed by atoms with Crippen molar-refractivity contribution >= 4 is 26.8 Å². The molecule has 2 fully saturated rings. The van der Waals surface area contributed by atoms with Crippen LogP contribution in [-0.2, 0) is 26.6 Å². The molecule has 1 atom stereocenters. The van der Waals surface area contributed by atoms with Crippen LogP contribution in [0.4, 0.5) is 0 Å². The van der Waals surface area contributed by atoms with Crippen LogP contribution in [0.25, 0.3) is 10.9 Å². The van der Waals surface area contributed by atoms with Gasteiger partial charge in [0, 0.05) is 56.9 Å². The molecule has 0 aliphatic carbocycles. The molecule has 0 saturated carbocycles. The van der Waals surface area contributed by atoms with Gasteiger partial charge in [-0.1, -0.05) is 0 Å². The zero-order valence-electron chi connectivity index (χ0n) is 18.1. The molecular formula is C22H32N4O4S. The third kappa shape index (κ3) is 5.11. The Morgan fingerprint density at radius 2 is 2.00 bits per heavy atom. The summed E-state index contributed by atoms with van der Waals surface area (Å²) in [4.78, 5) is 15.3. The lowest BCUT2D eigenvalue weighted by Gasteiger charge is -2.31. The molecule has 0 spiro atoms. The number of rotatable bonds is 7. The Kier molecular flexibility index (Phi) is 6.95. The highest BCUT2D eigenvalue weighted by atomic mass is 32.2. The van der Waals surface area contributed by atoms with Gasteiger partial charge in [0.1, 0.15) is 0 Å². The minimum Gasteiger partial charge on any atom is -0.379 e. The monoisotopic (exact) mass is 448 g/mol. The van der Waals surface area contributed by atoms with Gasteiger partial charge >= 0.3 is 0 Å². The summed E-state index contributed by atoms with van der Waals surface area (Å²) in [6.07, 6.45) is 4.22. The van der Waals surface area contributed by atoms with Crippen LogP contribution in [0, 0.1) is 5.92 Å². The number of sulfonamides is 1. The number of benzene rings is 1. The van der Waals surface area contributed by atoms with Gasteiger partial charge in [-0.05, 0) is 50.1 Å². The summed E-state index contributed by atoms with van der Waals surface area (Å²) in [7, 11) is -1.69. The summed E-state index contributed by atoms with van der Waals surface area (Å²) in [6, 6.07) is 7.13. The van der Waals surface area contributed by atoms with Crippen LogP contribution < -0.4 is 5.32 Å². The van der Waals surface area contributed by atoms with Crippen LogP contribution in [-0.4, -0.2) is 80.6 Å². The molecule has 1 amide bonds. The SMILES string of the molecule is Cn1ccc2cc(S(=O)(=O)N3CCC[C@H](C(=O)NCCCN4CCOCC4)C3)ccc21. The quantitative estimate of drug-likeness (QED) is 0.648. The Labute approximate surface area is 184 Å². The fraction of sp³-hybridized carbons (Fsp3) is 0.591. The standard InChI is InChI=1S/C22H32N4O4S/c1-24-11-7-18-16-20(5-6-21(18)24)31(28,29)26-10-2-4-19(17-26)22(27)23-8-3-9-25-12-14-30-15-13-25/h5-7,11,16,19H,2-4,8-10,12-15,17H2,1H3,(H,23,27)/t19-/m0/s1. The number of carbonyl (C=O) groups excluding carboxylic acids is 1. The third-order valence-corrected chi connectivity index (χ3v) is 8.16. The average Bonchev–Trinajstić information content (AvgIpc) is 3.17. The maximum atomic E-state index is 13.2. The molecule has 31 heavy (non-hydrogen) atoms. The van der Waals surface area contributed by atoms with E-state index in [-0.39, 0.29) is 23.3 Å². The van der Waals surface area contributed by atoms with Gasteiger partial charge < -0.3 is 14.6 Å². The van der Waals surface area contributed by atoms with E-state index in [4.69, 9.17) is 4.74 Å². The third-order valence-electron chi connectivity index (χ3n) is 6.30. The van der Waals surface area contributed by atoms with Crippen molar-refractivity contribution in [3.8, 4) is 0 Å². The molecular weight excluding hydrogens is 416 g/mol. The summed E-state index contributed by atoms with van der Waals surface area (Å²) < 4.78 is 35.2. The fourth-order valence-electron chi connectivity index (χ4n) is 4.43. The molecule has 2 aliphatic rings. The molecule has 0 unspecified atom stereocenters. The number of hydrogen-bond acceptors (Lipinski definition) is 5. The largest absolute Gasteiger partial charge is 0.379 e. The molecule has 2 aromatic rings. The molecule has 1 aromatic carbocycles. The van der Waals surface area contributed by atoms with Crippen molar-refractivity contribution in [1.82, 2.24) is 19.1 Å². The molecule has 170 valence electrons. The molecule has 2 saturated heterocycles. The zero-order chi connectivity index (χ0) is 21.8. The summed E-state index contributed by atoms with van der Waals surface area (Å²) in [5.74, 6) is -0.340. The van der Waals surface area contributed by atoms with Crippen molar-refractivity contribution in [2.24, 2.45) is 13.0 Å². The molecule has 8 nitrogen and oxygen atoms in total. The van der Waals surface area contributed by atoms with Crippen LogP contribution >= 0.6 is 0 Å². The van der Waals surface area contributed by atoms with Gasteiger partial charge in [0.25, 0.3) is 0 Å². The minimum atomic E-state index is -3.62. The lowest BCUT2D eigenvalue weighted by molar-refractivity contribution is -0.126. The maximum absolute atomic E-state index is 13.2. The second-order valence-electron chi connectivity index (χ2n) is 8.45. The highest BCUT2D eigenvalue weighted by molar-refractivity contribution is 7.89.